The van der Waals surface area contributed by atoms with Gasteiger partial charge >= 0.3 is 0 Å². The van der Waals surface area contributed by atoms with E-state index >= 15 is 0 Å². The average molecular weight is 374 g/mol. The smallest absolute Gasteiger partial charge is 0.255 e. The highest BCUT2D eigenvalue weighted by Crippen LogP contribution is 2.30. The van der Waals surface area contributed by atoms with Crippen molar-refractivity contribution in [3.05, 3.63) is 71.7 Å². The molecule has 1 aliphatic rings. The summed E-state index contributed by atoms with van der Waals surface area (Å²) in [4.78, 5) is 28.6. The lowest BCUT2D eigenvalue weighted by molar-refractivity contribution is -0.117. The van der Waals surface area contributed by atoms with Crippen LogP contribution in [0.4, 0.5) is 11.5 Å². The van der Waals surface area contributed by atoms with Crippen LogP contribution in [0, 0.1) is 19.8 Å². The van der Waals surface area contributed by atoms with E-state index in [9.17, 15) is 9.59 Å². The average Bonchev–Trinajstić information content (AvgIpc) is 3.44. The van der Waals surface area contributed by atoms with Crippen molar-refractivity contribution >= 4 is 23.3 Å². The van der Waals surface area contributed by atoms with E-state index in [1.54, 1.807) is 24.7 Å². The van der Waals surface area contributed by atoms with Gasteiger partial charge in [-0.3, -0.25) is 9.59 Å². The number of nitrogens with one attached hydrogen (secondary N) is 2. The fraction of sp³-hybridized carbons (Fsp3) is 0.227. The minimum absolute atomic E-state index is 0.0312. The number of aromatic nitrogens is 2. The molecule has 0 bridgehead atoms. The summed E-state index contributed by atoms with van der Waals surface area (Å²) < 4.78 is 1.81. The zero-order valence-electron chi connectivity index (χ0n) is 15.9. The molecule has 2 N–H and O–H groups in total. The minimum Gasteiger partial charge on any atom is -0.322 e. The SMILES string of the molecule is Cc1ccc(C)c(NC(=O)c2ccc(-n3cnc(NC(=O)C4CC4)c3)cc2)c1. The van der Waals surface area contributed by atoms with Crippen LogP contribution >= 0.6 is 0 Å². The number of carbonyl (C=O) groups excluding carboxylic acids is 2. The Morgan fingerprint density at radius 2 is 1.79 bits per heavy atom. The predicted molar refractivity (Wildman–Crippen MR) is 109 cm³/mol. The molecule has 6 heteroatoms. The molecular formula is C22H22N4O2. The van der Waals surface area contributed by atoms with E-state index in [1.165, 1.54) is 0 Å². The van der Waals surface area contributed by atoms with Crippen LogP contribution in [0.15, 0.2) is 55.0 Å². The van der Waals surface area contributed by atoms with Gasteiger partial charge in [-0.1, -0.05) is 12.1 Å². The molecule has 0 unspecified atom stereocenters. The van der Waals surface area contributed by atoms with Crippen molar-refractivity contribution in [3.8, 4) is 5.69 Å². The number of aryl methyl sites for hydroxylation is 2. The zero-order valence-corrected chi connectivity index (χ0v) is 15.9. The standard InChI is InChI=1S/C22H22N4O2/c1-14-3-4-15(2)19(11-14)24-21(27)17-7-9-18(10-8-17)26-12-20(23-13-26)25-22(28)16-5-6-16/h3-4,7-13,16H,5-6H2,1-2H3,(H,24,27)(H,25,28). The molecule has 28 heavy (non-hydrogen) atoms. The second-order valence-corrected chi connectivity index (χ2v) is 7.25. The van der Waals surface area contributed by atoms with Crippen LogP contribution in [-0.2, 0) is 4.79 Å². The zero-order chi connectivity index (χ0) is 19.7. The minimum atomic E-state index is -0.150. The number of amides is 2. The highest BCUT2D eigenvalue weighted by Gasteiger charge is 2.29. The molecule has 1 saturated carbocycles. The van der Waals surface area contributed by atoms with Crippen molar-refractivity contribution in [1.29, 1.82) is 0 Å². The first-order valence-corrected chi connectivity index (χ1v) is 9.33. The maximum absolute atomic E-state index is 12.5. The molecule has 0 spiro atoms. The van der Waals surface area contributed by atoms with Gasteiger partial charge in [0.15, 0.2) is 5.82 Å². The maximum atomic E-state index is 12.5. The van der Waals surface area contributed by atoms with E-state index in [-0.39, 0.29) is 17.7 Å². The van der Waals surface area contributed by atoms with Crippen molar-refractivity contribution in [2.45, 2.75) is 26.7 Å². The monoisotopic (exact) mass is 374 g/mol. The van der Waals surface area contributed by atoms with Crippen molar-refractivity contribution < 1.29 is 9.59 Å². The van der Waals surface area contributed by atoms with E-state index in [4.69, 9.17) is 0 Å². The molecule has 2 aromatic carbocycles. The van der Waals surface area contributed by atoms with Gasteiger partial charge in [0, 0.05) is 22.9 Å². The summed E-state index contributed by atoms with van der Waals surface area (Å²) in [5.74, 6) is 0.556. The number of nitrogens with zero attached hydrogens (tertiary/aromatic N) is 2. The van der Waals surface area contributed by atoms with Gasteiger partial charge in [0.2, 0.25) is 5.91 Å². The van der Waals surface area contributed by atoms with Gasteiger partial charge in [-0.15, -0.1) is 0 Å². The lowest BCUT2D eigenvalue weighted by Crippen LogP contribution is -2.13. The summed E-state index contributed by atoms with van der Waals surface area (Å²) in [6.45, 7) is 3.97. The van der Waals surface area contributed by atoms with E-state index in [1.807, 2.05) is 48.7 Å². The summed E-state index contributed by atoms with van der Waals surface area (Å²) >= 11 is 0. The Balaban J connectivity index is 1.44. The van der Waals surface area contributed by atoms with Gasteiger partial charge in [0.1, 0.15) is 6.33 Å². The van der Waals surface area contributed by atoms with E-state index < -0.39 is 0 Å². The largest absolute Gasteiger partial charge is 0.322 e. The summed E-state index contributed by atoms with van der Waals surface area (Å²) in [7, 11) is 0. The number of rotatable bonds is 5. The van der Waals surface area contributed by atoms with Gasteiger partial charge in [-0.05, 0) is 68.1 Å². The van der Waals surface area contributed by atoms with Gasteiger partial charge in [0.25, 0.3) is 5.91 Å². The predicted octanol–water partition coefficient (Wildman–Crippen LogP) is 4.09. The molecule has 0 saturated heterocycles. The van der Waals surface area contributed by atoms with Gasteiger partial charge in [-0.2, -0.15) is 0 Å². The molecule has 3 aromatic rings. The number of hydrogen-bond acceptors (Lipinski definition) is 3. The van der Waals surface area contributed by atoms with E-state index in [0.29, 0.717) is 11.4 Å². The number of carbonyl (C=O) groups is 2. The Hall–Kier alpha value is -3.41. The van der Waals surface area contributed by atoms with Crippen LogP contribution in [-0.4, -0.2) is 21.4 Å². The van der Waals surface area contributed by atoms with Crippen LogP contribution in [0.1, 0.15) is 34.3 Å². The Morgan fingerprint density at radius 3 is 2.50 bits per heavy atom. The molecule has 4 rings (SSSR count). The van der Waals surface area contributed by atoms with E-state index in [0.717, 1.165) is 35.3 Å². The molecule has 1 aliphatic carbocycles. The van der Waals surface area contributed by atoms with Gasteiger partial charge in [-0.25, -0.2) is 4.98 Å². The van der Waals surface area contributed by atoms with Crippen LogP contribution in [0.3, 0.4) is 0 Å². The topological polar surface area (TPSA) is 76.0 Å². The number of imidazole rings is 1. The molecule has 6 nitrogen and oxygen atoms in total. The van der Waals surface area contributed by atoms with Gasteiger partial charge in [0.05, 0.1) is 6.20 Å². The van der Waals surface area contributed by atoms with E-state index in [2.05, 4.69) is 15.6 Å². The number of hydrogen-bond donors (Lipinski definition) is 2. The van der Waals surface area contributed by atoms with Gasteiger partial charge < -0.3 is 15.2 Å². The summed E-state index contributed by atoms with van der Waals surface area (Å²) in [6, 6.07) is 13.2. The summed E-state index contributed by atoms with van der Waals surface area (Å²) in [5.41, 5.74) is 4.38. The van der Waals surface area contributed by atoms with Crippen LogP contribution in [0.25, 0.3) is 5.69 Å². The number of benzene rings is 2. The van der Waals surface area contributed by atoms with Crippen molar-refractivity contribution in [2.75, 3.05) is 10.6 Å². The molecule has 1 aromatic heterocycles. The molecule has 2 amide bonds. The number of anilines is 2. The third-order valence-corrected chi connectivity index (χ3v) is 4.85. The molecule has 0 atom stereocenters. The lowest BCUT2D eigenvalue weighted by atomic mass is 10.1. The highest BCUT2D eigenvalue weighted by molar-refractivity contribution is 6.04. The third-order valence-electron chi connectivity index (χ3n) is 4.85. The summed E-state index contributed by atoms with van der Waals surface area (Å²) in [5, 5.41) is 5.79. The van der Waals surface area contributed by atoms with Crippen molar-refractivity contribution in [1.82, 2.24) is 9.55 Å². The third kappa shape index (κ3) is 3.96. The molecule has 1 heterocycles. The maximum Gasteiger partial charge on any atom is 0.255 e. The first-order chi connectivity index (χ1) is 13.5. The second-order valence-electron chi connectivity index (χ2n) is 7.25. The Morgan fingerprint density at radius 1 is 1.04 bits per heavy atom. The van der Waals surface area contributed by atoms with Crippen LogP contribution in [0.5, 0.6) is 0 Å². The van der Waals surface area contributed by atoms with Crippen LogP contribution in [0.2, 0.25) is 0 Å². The Kier molecular flexibility index (Phi) is 4.69. The summed E-state index contributed by atoms with van der Waals surface area (Å²) in [6.07, 6.45) is 5.33. The van der Waals surface area contributed by atoms with Crippen LogP contribution < -0.4 is 10.6 Å². The molecule has 1 fully saturated rings. The quantitative estimate of drug-likeness (QED) is 0.706. The fourth-order valence-electron chi connectivity index (χ4n) is 2.95. The lowest BCUT2D eigenvalue weighted by Gasteiger charge is -2.10. The van der Waals surface area contributed by atoms with Crippen molar-refractivity contribution in [2.24, 2.45) is 5.92 Å². The highest BCUT2D eigenvalue weighted by atomic mass is 16.2. The molecule has 0 aliphatic heterocycles. The molecular weight excluding hydrogens is 352 g/mol. The second kappa shape index (κ2) is 7.31. The first-order valence-electron chi connectivity index (χ1n) is 9.33. The first kappa shape index (κ1) is 18.0. The fourth-order valence-corrected chi connectivity index (χ4v) is 2.95. The molecule has 0 radical (unpaired) electrons. The normalized spacial score (nSPS) is 13.2. The Bertz CT molecular complexity index is 1030. The Labute approximate surface area is 163 Å². The van der Waals surface area contributed by atoms with Crippen molar-refractivity contribution in [3.63, 3.8) is 0 Å². The molecule has 142 valence electrons.